The molecule has 1 saturated heterocycles. The minimum absolute atomic E-state index is 0.00283. The molecule has 1 aliphatic rings. The number of likely N-dealkylation sites (tertiary alicyclic amines) is 1. The molecule has 23 heavy (non-hydrogen) atoms. The number of rotatable bonds is 3. The van der Waals surface area contributed by atoms with Crippen LogP contribution in [0.3, 0.4) is 0 Å². The number of ether oxygens (including phenoxy) is 1. The van der Waals surface area contributed by atoms with Crippen molar-refractivity contribution in [3.05, 3.63) is 32.8 Å². The van der Waals surface area contributed by atoms with Crippen molar-refractivity contribution in [3.63, 3.8) is 0 Å². The second kappa shape index (κ2) is 7.06. The number of nitrogens with one attached hydrogen (secondary N) is 1. The fourth-order valence-corrected chi connectivity index (χ4v) is 3.08. The molecule has 1 aliphatic heterocycles. The third-order valence-corrected chi connectivity index (χ3v) is 4.86. The van der Waals surface area contributed by atoms with Gasteiger partial charge in [-0.15, -0.1) is 0 Å². The van der Waals surface area contributed by atoms with Crippen LogP contribution in [0, 0.1) is 0 Å². The van der Waals surface area contributed by atoms with Crippen LogP contribution in [0.25, 0.3) is 0 Å². The highest BCUT2D eigenvalue weighted by Crippen LogP contribution is 2.35. The van der Waals surface area contributed by atoms with E-state index in [0.717, 1.165) is 5.56 Å². The summed E-state index contributed by atoms with van der Waals surface area (Å²) in [6, 6.07) is 3.79. The summed E-state index contributed by atoms with van der Waals surface area (Å²) >= 11 is 18.3. The maximum absolute atomic E-state index is 11.9. The van der Waals surface area contributed by atoms with E-state index >= 15 is 0 Å². The van der Waals surface area contributed by atoms with Crippen LogP contribution in [0.1, 0.15) is 39.3 Å². The van der Waals surface area contributed by atoms with Crippen molar-refractivity contribution in [2.45, 2.75) is 45.4 Å². The lowest BCUT2D eigenvalue weighted by atomic mass is 10.0. The molecule has 0 aliphatic carbocycles. The van der Waals surface area contributed by atoms with Crippen LogP contribution in [-0.4, -0.2) is 35.7 Å². The van der Waals surface area contributed by atoms with Crippen LogP contribution < -0.4 is 5.32 Å². The summed E-state index contributed by atoms with van der Waals surface area (Å²) in [7, 11) is 0. The van der Waals surface area contributed by atoms with Gasteiger partial charge in [0.05, 0.1) is 15.1 Å². The number of benzene rings is 1. The average Bonchev–Trinajstić information content (AvgIpc) is 2.37. The molecule has 7 heteroatoms. The van der Waals surface area contributed by atoms with E-state index < -0.39 is 5.60 Å². The molecule has 1 amide bonds. The lowest BCUT2D eigenvalue weighted by molar-refractivity contribution is 0.00434. The highest BCUT2D eigenvalue weighted by atomic mass is 35.5. The summed E-state index contributed by atoms with van der Waals surface area (Å²) in [4.78, 5) is 13.6. The van der Waals surface area contributed by atoms with E-state index in [1.54, 1.807) is 11.0 Å². The minimum Gasteiger partial charge on any atom is -0.444 e. The summed E-state index contributed by atoms with van der Waals surface area (Å²) in [5, 5.41) is 4.69. The third-order valence-electron chi connectivity index (χ3n) is 3.55. The Morgan fingerprint density at radius 2 is 1.87 bits per heavy atom. The number of hydrogen-bond acceptors (Lipinski definition) is 3. The van der Waals surface area contributed by atoms with Gasteiger partial charge in [0.15, 0.2) is 0 Å². The first kappa shape index (κ1) is 18.7. The van der Waals surface area contributed by atoms with E-state index in [2.05, 4.69) is 5.32 Å². The Hall–Kier alpha value is -0.680. The van der Waals surface area contributed by atoms with E-state index in [-0.39, 0.29) is 18.2 Å². The zero-order valence-electron chi connectivity index (χ0n) is 13.6. The monoisotopic (exact) mass is 378 g/mol. The van der Waals surface area contributed by atoms with Crippen LogP contribution in [0.15, 0.2) is 12.1 Å². The van der Waals surface area contributed by atoms with Gasteiger partial charge in [-0.3, -0.25) is 0 Å². The quantitative estimate of drug-likeness (QED) is 0.758. The van der Waals surface area contributed by atoms with Crippen molar-refractivity contribution < 1.29 is 9.53 Å². The second-order valence-corrected chi connectivity index (χ2v) is 7.90. The molecule has 1 aromatic carbocycles. The maximum Gasteiger partial charge on any atom is 0.410 e. The van der Waals surface area contributed by atoms with Crippen molar-refractivity contribution in [2.24, 2.45) is 0 Å². The van der Waals surface area contributed by atoms with Gasteiger partial charge < -0.3 is 15.0 Å². The number of nitrogens with zero attached hydrogens (tertiary/aromatic N) is 1. The molecule has 0 spiro atoms. The summed E-state index contributed by atoms with van der Waals surface area (Å²) in [5.41, 5.74) is 0.410. The molecule has 128 valence electrons. The Balaban J connectivity index is 1.88. The Labute approximate surface area is 152 Å². The summed E-state index contributed by atoms with van der Waals surface area (Å²) < 4.78 is 5.33. The third kappa shape index (κ3) is 4.66. The van der Waals surface area contributed by atoms with Gasteiger partial charge in [-0.05, 0) is 39.3 Å². The van der Waals surface area contributed by atoms with Gasteiger partial charge in [0.2, 0.25) is 0 Å². The van der Waals surface area contributed by atoms with Crippen LogP contribution in [0.2, 0.25) is 15.1 Å². The van der Waals surface area contributed by atoms with Crippen molar-refractivity contribution in [1.82, 2.24) is 10.2 Å². The summed E-state index contributed by atoms with van der Waals surface area (Å²) in [5.74, 6) is 0. The smallest absolute Gasteiger partial charge is 0.410 e. The molecular weight excluding hydrogens is 359 g/mol. The predicted octanol–water partition coefficient (Wildman–Crippen LogP) is 4.92. The van der Waals surface area contributed by atoms with Gasteiger partial charge in [-0.1, -0.05) is 40.9 Å². The molecule has 0 aromatic heterocycles. The fraction of sp³-hybridized carbons (Fsp3) is 0.562. The van der Waals surface area contributed by atoms with Crippen molar-refractivity contribution in [1.29, 1.82) is 0 Å². The largest absolute Gasteiger partial charge is 0.444 e. The molecule has 1 unspecified atom stereocenters. The Morgan fingerprint density at radius 1 is 1.26 bits per heavy atom. The number of halogens is 3. The first-order valence-corrected chi connectivity index (χ1v) is 8.59. The van der Waals surface area contributed by atoms with Crippen LogP contribution in [0.4, 0.5) is 4.79 Å². The molecule has 1 fully saturated rings. The Kier molecular flexibility index (Phi) is 5.72. The lowest BCUT2D eigenvalue weighted by Gasteiger charge is -2.41. The summed E-state index contributed by atoms with van der Waals surface area (Å²) in [6.45, 7) is 8.79. The van der Waals surface area contributed by atoms with E-state index in [4.69, 9.17) is 39.5 Å². The van der Waals surface area contributed by atoms with E-state index in [1.807, 2.05) is 33.8 Å². The number of amides is 1. The zero-order chi connectivity index (χ0) is 17.4. The topological polar surface area (TPSA) is 41.6 Å². The molecule has 0 radical (unpaired) electrons. The molecule has 1 heterocycles. The minimum atomic E-state index is -0.476. The van der Waals surface area contributed by atoms with E-state index in [0.29, 0.717) is 28.2 Å². The SMILES string of the molecule is CC(NC1CN(C(=O)OC(C)(C)C)C1)c1ccc(Cl)c(Cl)c1Cl. The molecule has 0 bridgehead atoms. The Bertz CT molecular complexity index is 596. The molecular formula is C16H21Cl3N2O2. The van der Waals surface area contributed by atoms with Gasteiger partial charge in [-0.25, -0.2) is 4.79 Å². The van der Waals surface area contributed by atoms with Gasteiger partial charge in [-0.2, -0.15) is 0 Å². The lowest BCUT2D eigenvalue weighted by Crippen LogP contribution is -2.60. The number of carbonyl (C=O) groups is 1. The van der Waals surface area contributed by atoms with Gasteiger partial charge in [0.1, 0.15) is 5.60 Å². The zero-order valence-corrected chi connectivity index (χ0v) is 15.9. The van der Waals surface area contributed by atoms with Gasteiger partial charge in [0, 0.05) is 25.2 Å². The molecule has 2 rings (SSSR count). The highest BCUT2D eigenvalue weighted by Gasteiger charge is 2.34. The molecule has 4 nitrogen and oxygen atoms in total. The van der Waals surface area contributed by atoms with Crippen molar-refractivity contribution >= 4 is 40.9 Å². The fourth-order valence-electron chi connectivity index (χ4n) is 2.38. The van der Waals surface area contributed by atoms with Gasteiger partial charge in [0.25, 0.3) is 0 Å². The van der Waals surface area contributed by atoms with Crippen LogP contribution in [-0.2, 0) is 4.74 Å². The predicted molar refractivity (Wildman–Crippen MR) is 94.6 cm³/mol. The first-order chi connectivity index (χ1) is 10.6. The van der Waals surface area contributed by atoms with E-state index in [1.165, 1.54) is 0 Å². The maximum atomic E-state index is 11.9. The highest BCUT2D eigenvalue weighted by molar-refractivity contribution is 6.48. The van der Waals surface area contributed by atoms with Crippen LogP contribution >= 0.6 is 34.8 Å². The molecule has 1 atom stereocenters. The van der Waals surface area contributed by atoms with Crippen LogP contribution in [0.5, 0.6) is 0 Å². The normalized spacial score (nSPS) is 16.9. The van der Waals surface area contributed by atoms with Crippen molar-refractivity contribution in [3.8, 4) is 0 Å². The molecule has 1 N–H and O–H groups in total. The standard InChI is InChI=1S/C16H21Cl3N2O2/c1-9(11-5-6-12(17)14(19)13(11)18)20-10-7-21(8-10)15(22)23-16(2,3)4/h5-6,9-10,20H,7-8H2,1-4H3. The summed E-state index contributed by atoms with van der Waals surface area (Å²) in [6.07, 6.45) is -0.282. The average molecular weight is 380 g/mol. The molecule has 1 aromatic rings. The first-order valence-electron chi connectivity index (χ1n) is 7.46. The molecule has 0 saturated carbocycles. The number of hydrogen-bond donors (Lipinski definition) is 1. The van der Waals surface area contributed by atoms with Crippen molar-refractivity contribution in [2.75, 3.05) is 13.1 Å². The number of carbonyl (C=O) groups excluding carboxylic acids is 1. The second-order valence-electron chi connectivity index (χ2n) is 6.74. The van der Waals surface area contributed by atoms with Gasteiger partial charge >= 0.3 is 6.09 Å². The van der Waals surface area contributed by atoms with E-state index in [9.17, 15) is 4.79 Å². The Morgan fingerprint density at radius 3 is 2.43 bits per heavy atom.